The van der Waals surface area contributed by atoms with Gasteiger partial charge in [-0.1, -0.05) is 6.58 Å². The molecule has 15 heavy (non-hydrogen) atoms. The fourth-order valence-electron chi connectivity index (χ4n) is 0.950. The molecule has 0 aromatic heterocycles. The Morgan fingerprint density at radius 3 is 2.73 bits per heavy atom. The van der Waals surface area contributed by atoms with Crippen molar-refractivity contribution < 1.29 is 35.9 Å². The zero-order valence-corrected chi connectivity index (χ0v) is 13.6. The SMILES string of the molecule is C=CC(=O)C1[C-]=CC(N)=C(Cl)C1.[CH2-]C.[U+2]. The summed E-state index contributed by atoms with van der Waals surface area (Å²) in [6.07, 6.45) is 6.09. The van der Waals surface area contributed by atoms with E-state index >= 15 is 0 Å². The van der Waals surface area contributed by atoms with Gasteiger partial charge in [0.05, 0.1) is 0 Å². The average molecular weight is 450 g/mol. The summed E-state index contributed by atoms with van der Waals surface area (Å²) in [4.78, 5) is 11.1. The number of hydrogen-bond acceptors (Lipinski definition) is 2. The van der Waals surface area contributed by atoms with E-state index in [0.717, 1.165) is 0 Å². The number of halogens is 1. The van der Waals surface area contributed by atoms with Gasteiger partial charge in [0.25, 0.3) is 0 Å². The maximum absolute atomic E-state index is 11.1. The second-order valence-electron chi connectivity index (χ2n) is 2.53. The molecule has 0 aliphatic heterocycles. The molecule has 0 saturated carbocycles. The Bertz CT molecular complexity index is 284. The van der Waals surface area contributed by atoms with Gasteiger partial charge in [-0.3, -0.25) is 10.9 Å². The van der Waals surface area contributed by atoms with E-state index in [1.54, 1.807) is 6.92 Å². The molecule has 2 N–H and O–H groups in total. The van der Waals surface area contributed by atoms with Crippen LogP contribution in [0.1, 0.15) is 13.3 Å². The number of allylic oxidation sites excluding steroid dienone is 4. The molecule has 0 bridgehead atoms. The van der Waals surface area contributed by atoms with E-state index in [9.17, 15) is 4.79 Å². The molecule has 0 heterocycles. The molecule has 0 saturated heterocycles. The van der Waals surface area contributed by atoms with Crippen LogP contribution in [-0.2, 0) is 4.79 Å². The van der Waals surface area contributed by atoms with Crippen molar-refractivity contribution in [1.82, 2.24) is 0 Å². The van der Waals surface area contributed by atoms with Crippen molar-refractivity contribution in [3.63, 3.8) is 0 Å². The molecule has 2 nitrogen and oxygen atoms in total. The van der Waals surface area contributed by atoms with Gasteiger partial charge in [0.15, 0.2) is 0 Å². The first-order chi connectivity index (χ1) is 6.65. The maximum Gasteiger partial charge on any atom is 2.00 e. The fraction of sp³-hybridized carbons (Fsp3) is 0.273. The van der Waals surface area contributed by atoms with E-state index in [1.807, 2.05) is 0 Å². The first-order valence-electron chi connectivity index (χ1n) is 4.25. The smallest absolute Gasteiger partial charge is 0.474 e. The summed E-state index contributed by atoms with van der Waals surface area (Å²) >= 11 is 5.76. The molecule has 80 valence electrons. The van der Waals surface area contributed by atoms with Crippen LogP contribution >= 0.6 is 11.6 Å². The molecule has 1 aliphatic rings. The molecule has 1 aliphatic carbocycles. The van der Waals surface area contributed by atoms with Crippen molar-refractivity contribution in [3.8, 4) is 0 Å². The van der Waals surface area contributed by atoms with Gasteiger partial charge in [-0.05, 0) is 23.4 Å². The van der Waals surface area contributed by atoms with Crippen molar-refractivity contribution in [2.24, 2.45) is 11.7 Å². The zero-order chi connectivity index (χ0) is 11.1. The summed E-state index contributed by atoms with van der Waals surface area (Å²) in [5, 5.41) is 0.522. The zero-order valence-electron chi connectivity index (χ0n) is 8.72. The third-order valence-corrected chi connectivity index (χ3v) is 2.05. The van der Waals surface area contributed by atoms with Gasteiger partial charge >= 0.3 is 31.1 Å². The van der Waals surface area contributed by atoms with Crippen LogP contribution in [0.15, 0.2) is 29.5 Å². The molecule has 0 amide bonds. The predicted octanol–water partition coefficient (Wildman–Crippen LogP) is 2.37. The van der Waals surface area contributed by atoms with Gasteiger partial charge in [0.1, 0.15) is 5.78 Å². The monoisotopic (exact) mass is 449 g/mol. The van der Waals surface area contributed by atoms with Gasteiger partial charge in [0.2, 0.25) is 0 Å². The molecule has 1 atom stereocenters. The van der Waals surface area contributed by atoms with Crippen LogP contribution in [0.3, 0.4) is 0 Å². The molecule has 1 unspecified atom stereocenters. The Morgan fingerprint density at radius 1 is 1.80 bits per heavy atom. The van der Waals surface area contributed by atoms with E-state index < -0.39 is 0 Å². The summed E-state index contributed by atoms with van der Waals surface area (Å²) in [7, 11) is 0. The Hall–Kier alpha value is 0.0319. The molecule has 0 aromatic carbocycles. The number of hydrogen-bond donors (Lipinski definition) is 1. The first kappa shape index (κ1) is 17.4. The molecule has 0 fully saturated rings. The topological polar surface area (TPSA) is 43.1 Å². The van der Waals surface area contributed by atoms with Gasteiger partial charge in [-0.2, -0.15) is 6.92 Å². The molecule has 1 rings (SSSR count). The van der Waals surface area contributed by atoms with Crippen molar-refractivity contribution >= 4 is 17.4 Å². The van der Waals surface area contributed by atoms with Crippen LogP contribution in [0.5, 0.6) is 0 Å². The Balaban J connectivity index is 0. The molecule has 0 aromatic rings. The second-order valence-corrected chi connectivity index (χ2v) is 2.99. The standard InChI is InChI=1S/C9H9ClNO.C2H5.U/c1-2-9(12)6-3-4-8(11)7(10)5-6;1-2;/h2,4,6H,1,5,11H2;1H2,2H3;/q2*-1;+2. The number of ketones is 1. The summed E-state index contributed by atoms with van der Waals surface area (Å²) < 4.78 is 0. The minimum atomic E-state index is -0.303. The largest absolute Gasteiger partial charge is 2.00 e. The predicted molar refractivity (Wildman–Crippen MR) is 59.2 cm³/mol. The minimum Gasteiger partial charge on any atom is -0.474 e. The van der Waals surface area contributed by atoms with Crippen LogP contribution < -0.4 is 5.73 Å². The van der Waals surface area contributed by atoms with Crippen LogP contribution in [-0.4, -0.2) is 5.78 Å². The van der Waals surface area contributed by atoms with Gasteiger partial charge in [-0.25, -0.2) is 6.08 Å². The normalized spacial score (nSPS) is 18.5. The molecular formula is C11H14ClNOU. The van der Waals surface area contributed by atoms with Crippen LogP contribution in [0.25, 0.3) is 0 Å². The Morgan fingerprint density at radius 2 is 2.33 bits per heavy atom. The number of rotatable bonds is 2. The van der Waals surface area contributed by atoms with Crippen molar-refractivity contribution in [1.29, 1.82) is 0 Å². The molecule has 4 heteroatoms. The Kier molecular flexibility index (Phi) is 10.8. The molecular weight excluding hydrogens is 436 g/mol. The van der Waals surface area contributed by atoms with Crippen molar-refractivity contribution in [3.05, 3.63) is 42.5 Å². The minimum absolute atomic E-state index is 0. The van der Waals surface area contributed by atoms with Crippen LogP contribution in [0.2, 0.25) is 0 Å². The number of carbonyl (C=O) groups excluding carboxylic acids is 1. The summed E-state index contributed by atoms with van der Waals surface area (Å²) in [5.74, 6) is -0.376. The maximum atomic E-state index is 11.1. The van der Waals surface area contributed by atoms with E-state index in [1.165, 1.54) is 12.2 Å². The van der Waals surface area contributed by atoms with E-state index in [4.69, 9.17) is 17.3 Å². The van der Waals surface area contributed by atoms with E-state index in [-0.39, 0.29) is 42.8 Å². The van der Waals surface area contributed by atoms with E-state index in [2.05, 4.69) is 19.6 Å². The van der Waals surface area contributed by atoms with Crippen molar-refractivity contribution in [2.75, 3.05) is 0 Å². The van der Waals surface area contributed by atoms with Gasteiger partial charge in [-0.15, -0.1) is 17.3 Å². The van der Waals surface area contributed by atoms with Crippen molar-refractivity contribution in [2.45, 2.75) is 13.3 Å². The van der Waals surface area contributed by atoms with E-state index in [0.29, 0.717) is 17.2 Å². The third kappa shape index (κ3) is 5.61. The van der Waals surface area contributed by atoms with Crippen LogP contribution in [0, 0.1) is 50.0 Å². The summed E-state index contributed by atoms with van der Waals surface area (Å²) in [6, 6.07) is 0. The molecule has 0 radical (unpaired) electrons. The number of nitrogens with two attached hydrogens (primary N) is 1. The third-order valence-electron chi connectivity index (χ3n) is 1.68. The quantitative estimate of drug-likeness (QED) is 0.520. The van der Waals surface area contributed by atoms with Crippen LogP contribution in [0.4, 0.5) is 0 Å². The van der Waals surface area contributed by atoms with Gasteiger partial charge in [0, 0.05) is 0 Å². The second kappa shape index (κ2) is 9.27. The molecule has 0 spiro atoms. The fourth-order valence-corrected chi connectivity index (χ4v) is 1.16. The Labute approximate surface area is 120 Å². The summed E-state index contributed by atoms with van der Waals surface area (Å²) in [6.45, 7) is 8.39. The first-order valence-corrected chi connectivity index (χ1v) is 4.63. The number of carbonyl (C=O) groups is 1. The van der Waals surface area contributed by atoms with Gasteiger partial charge < -0.3 is 12.7 Å². The summed E-state index contributed by atoms with van der Waals surface area (Å²) in [5.41, 5.74) is 5.97. The average Bonchev–Trinajstić information content (AvgIpc) is 2.24.